The number of rotatable bonds is 1. The Morgan fingerprint density at radius 1 is 1.39 bits per heavy atom. The molecule has 0 aliphatic heterocycles. The van der Waals surface area contributed by atoms with Crippen LogP contribution in [0.15, 0.2) is 27.9 Å². The van der Waals surface area contributed by atoms with Crippen molar-refractivity contribution in [2.24, 2.45) is 7.05 Å². The number of hydrogen-bond donors (Lipinski definition) is 2. The van der Waals surface area contributed by atoms with Crippen LogP contribution in [-0.2, 0) is 7.05 Å². The Morgan fingerprint density at radius 3 is 2.72 bits per heavy atom. The predicted molar refractivity (Wildman–Crippen MR) is 61.1 cm³/mol. The van der Waals surface area contributed by atoms with E-state index in [2.05, 4.69) is 5.10 Å². The molecule has 0 saturated carbocycles. The summed E-state index contributed by atoms with van der Waals surface area (Å²) < 4.78 is 15.1. The first-order chi connectivity index (χ1) is 8.41. The number of aromatic nitrogens is 3. The first-order valence-corrected chi connectivity index (χ1v) is 4.85. The van der Waals surface area contributed by atoms with Crippen molar-refractivity contribution >= 4 is 5.69 Å². The SMILES string of the molecule is Cn1c(=O)cnn(-c2cc(N)c(O)cc2F)c1=O. The molecule has 0 unspecified atom stereocenters. The average Bonchev–Trinajstić information content (AvgIpc) is 2.32. The van der Waals surface area contributed by atoms with E-state index in [0.717, 1.165) is 22.9 Å². The quantitative estimate of drug-likeness (QED) is 0.519. The number of nitrogens with two attached hydrogens (primary N) is 1. The summed E-state index contributed by atoms with van der Waals surface area (Å²) in [6.45, 7) is 0. The molecule has 2 rings (SSSR count). The van der Waals surface area contributed by atoms with E-state index in [1.165, 1.54) is 7.05 Å². The van der Waals surface area contributed by atoms with Crippen LogP contribution in [0.3, 0.4) is 0 Å². The zero-order valence-corrected chi connectivity index (χ0v) is 9.29. The van der Waals surface area contributed by atoms with Crippen molar-refractivity contribution in [2.75, 3.05) is 5.73 Å². The van der Waals surface area contributed by atoms with E-state index in [9.17, 15) is 19.1 Å². The van der Waals surface area contributed by atoms with Gasteiger partial charge in [-0.1, -0.05) is 0 Å². The summed E-state index contributed by atoms with van der Waals surface area (Å²) in [5.41, 5.74) is 3.65. The zero-order valence-electron chi connectivity index (χ0n) is 9.29. The fourth-order valence-corrected chi connectivity index (χ4v) is 1.37. The van der Waals surface area contributed by atoms with Crippen LogP contribution in [-0.4, -0.2) is 19.5 Å². The fraction of sp³-hybridized carbons (Fsp3) is 0.100. The van der Waals surface area contributed by atoms with Crippen molar-refractivity contribution < 1.29 is 9.50 Å². The van der Waals surface area contributed by atoms with E-state index >= 15 is 0 Å². The van der Waals surface area contributed by atoms with Crippen molar-refractivity contribution in [3.05, 3.63) is 45.0 Å². The summed E-state index contributed by atoms with van der Waals surface area (Å²) in [6.07, 6.45) is 0.879. The van der Waals surface area contributed by atoms with Crippen LogP contribution >= 0.6 is 0 Å². The monoisotopic (exact) mass is 252 g/mol. The van der Waals surface area contributed by atoms with Gasteiger partial charge in [0.1, 0.15) is 17.6 Å². The molecule has 1 aromatic heterocycles. The standard InChI is InChI=1S/C10H9FN4O3/c1-14-9(17)4-13-15(10(14)18)7-3-6(12)8(16)2-5(7)11/h2-4,16H,12H2,1H3. The zero-order chi connectivity index (χ0) is 13.4. The summed E-state index contributed by atoms with van der Waals surface area (Å²) in [7, 11) is 1.24. The van der Waals surface area contributed by atoms with Crippen molar-refractivity contribution in [1.29, 1.82) is 0 Å². The molecule has 0 bridgehead atoms. The Morgan fingerprint density at radius 2 is 2.06 bits per heavy atom. The molecule has 8 heteroatoms. The smallest absolute Gasteiger partial charge is 0.352 e. The Kier molecular flexibility index (Phi) is 2.62. The number of halogens is 1. The van der Waals surface area contributed by atoms with Crippen LogP contribution in [0.25, 0.3) is 5.69 Å². The minimum atomic E-state index is -0.880. The highest BCUT2D eigenvalue weighted by Gasteiger charge is 2.13. The number of benzene rings is 1. The number of anilines is 1. The highest BCUT2D eigenvalue weighted by molar-refractivity contribution is 5.57. The molecule has 0 amide bonds. The lowest BCUT2D eigenvalue weighted by Gasteiger charge is -2.08. The topological polar surface area (TPSA) is 103 Å². The third-order valence-electron chi connectivity index (χ3n) is 2.41. The fourth-order valence-electron chi connectivity index (χ4n) is 1.37. The molecule has 2 aromatic rings. The second-order valence-electron chi connectivity index (χ2n) is 3.60. The van der Waals surface area contributed by atoms with E-state index < -0.39 is 22.8 Å². The average molecular weight is 252 g/mol. The van der Waals surface area contributed by atoms with Crippen LogP contribution in [0.1, 0.15) is 0 Å². The molecule has 0 aliphatic rings. The number of phenolic OH excluding ortho intramolecular Hbond substituents is 1. The largest absolute Gasteiger partial charge is 0.506 e. The minimum absolute atomic E-state index is 0.103. The van der Waals surface area contributed by atoms with Gasteiger partial charge in [-0.2, -0.15) is 9.78 Å². The number of hydrogen-bond acceptors (Lipinski definition) is 5. The number of nitrogens with zero attached hydrogens (tertiary/aromatic N) is 3. The Balaban J connectivity index is 2.78. The van der Waals surface area contributed by atoms with Crippen molar-refractivity contribution in [3.63, 3.8) is 0 Å². The maximum atomic E-state index is 13.6. The summed E-state index contributed by atoms with van der Waals surface area (Å²) in [4.78, 5) is 22.9. The Bertz CT molecular complexity index is 735. The third kappa shape index (κ3) is 1.73. The van der Waals surface area contributed by atoms with Gasteiger partial charge in [0.25, 0.3) is 5.56 Å². The highest BCUT2D eigenvalue weighted by Crippen LogP contribution is 2.24. The van der Waals surface area contributed by atoms with Gasteiger partial charge in [0.15, 0.2) is 5.82 Å². The van der Waals surface area contributed by atoms with Gasteiger partial charge in [0.2, 0.25) is 0 Å². The number of aromatic hydroxyl groups is 1. The van der Waals surface area contributed by atoms with Crippen molar-refractivity contribution in [2.45, 2.75) is 0 Å². The first-order valence-electron chi connectivity index (χ1n) is 4.85. The maximum absolute atomic E-state index is 13.6. The molecule has 18 heavy (non-hydrogen) atoms. The van der Waals surface area contributed by atoms with Gasteiger partial charge in [-0.15, -0.1) is 0 Å². The van der Waals surface area contributed by atoms with Crippen LogP contribution in [0.5, 0.6) is 5.75 Å². The Hall–Kier alpha value is -2.64. The molecule has 94 valence electrons. The molecular weight excluding hydrogens is 243 g/mol. The van der Waals surface area contributed by atoms with Crippen molar-refractivity contribution in [3.8, 4) is 11.4 Å². The predicted octanol–water partition coefficient (Wildman–Crippen LogP) is -0.642. The molecule has 3 N–H and O–H groups in total. The molecule has 0 saturated heterocycles. The second kappa shape index (κ2) is 3.99. The minimum Gasteiger partial charge on any atom is -0.506 e. The molecule has 1 aromatic carbocycles. The molecule has 0 radical (unpaired) electrons. The van der Waals surface area contributed by atoms with E-state index in [0.29, 0.717) is 4.68 Å². The first kappa shape index (κ1) is 11.8. The number of nitrogen functional groups attached to an aromatic ring is 1. The molecule has 0 fully saturated rings. The van der Waals surface area contributed by atoms with Gasteiger partial charge >= 0.3 is 5.69 Å². The summed E-state index contributed by atoms with van der Waals surface area (Å²) in [5, 5.41) is 12.7. The van der Waals surface area contributed by atoms with Gasteiger partial charge in [-0.05, 0) is 6.07 Å². The highest BCUT2D eigenvalue weighted by atomic mass is 19.1. The van der Waals surface area contributed by atoms with E-state index in [4.69, 9.17) is 5.73 Å². The van der Waals surface area contributed by atoms with Gasteiger partial charge in [0, 0.05) is 13.1 Å². The summed E-state index contributed by atoms with van der Waals surface area (Å²) in [6, 6.07) is 1.83. The van der Waals surface area contributed by atoms with Gasteiger partial charge in [-0.25, -0.2) is 9.18 Å². The Labute approximate surface area is 99.5 Å². The second-order valence-corrected chi connectivity index (χ2v) is 3.60. The summed E-state index contributed by atoms with van der Waals surface area (Å²) in [5.74, 6) is -1.32. The lowest BCUT2D eigenvalue weighted by Crippen LogP contribution is -2.38. The summed E-state index contributed by atoms with van der Waals surface area (Å²) >= 11 is 0. The molecule has 0 atom stereocenters. The van der Waals surface area contributed by atoms with E-state index in [1.54, 1.807) is 0 Å². The lowest BCUT2D eigenvalue weighted by atomic mass is 10.2. The molecule has 0 spiro atoms. The third-order valence-corrected chi connectivity index (χ3v) is 2.41. The normalized spacial score (nSPS) is 10.6. The van der Waals surface area contributed by atoms with Gasteiger partial charge in [0.05, 0.1) is 5.69 Å². The van der Waals surface area contributed by atoms with Crippen LogP contribution in [0.4, 0.5) is 10.1 Å². The molecular formula is C10H9FN4O3. The lowest BCUT2D eigenvalue weighted by molar-refractivity contribution is 0.470. The van der Waals surface area contributed by atoms with Gasteiger partial charge in [-0.3, -0.25) is 9.36 Å². The van der Waals surface area contributed by atoms with Crippen LogP contribution < -0.4 is 17.0 Å². The molecule has 1 heterocycles. The van der Waals surface area contributed by atoms with E-state index in [1.807, 2.05) is 0 Å². The van der Waals surface area contributed by atoms with Crippen LogP contribution in [0, 0.1) is 5.82 Å². The van der Waals surface area contributed by atoms with Gasteiger partial charge < -0.3 is 10.8 Å². The van der Waals surface area contributed by atoms with Crippen LogP contribution in [0.2, 0.25) is 0 Å². The maximum Gasteiger partial charge on any atom is 0.352 e. The van der Waals surface area contributed by atoms with Crippen molar-refractivity contribution in [1.82, 2.24) is 14.3 Å². The molecule has 7 nitrogen and oxygen atoms in total. The van der Waals surface area contributed by atoms with E-state index in [-0.39, 0.29) is 11.4 Å². The molecule has 0 aliphatic carbocycles. The number of phenols is 1.